The lowest BCUT2D eigenvalue weighted by Crippen LogP contribution is -2.46. The summed E-state index contributed by atoms with van der Waals surface area (Å²) in [6, 6.07) is 14.7. The van der Waals surface area contributed by atoms with E-state index in [4.69, 9.17) is 4.74 Å². The number of benzene rings is 2. The fraction of sp³-hybridized carbons (Fsp3) is 0.435. The van der Waals surface area contributed by atoms with E-state index in [9.17, 15) is 13.2 Å². The van der Waals surface area contributed by atoms with E-state index in [2.05, 4.69) is 0 Å². The first-order valence-electron chi connectivity index (χ1n) is 10.3. The van der Waals surface area contributed by atoms with Gasteiger partial charge in [-0.25, -0.2) is 8.42 Å². The van der Waals surface area contributed by atoms with E-state index < -0.39 is 10.0 Å². The van der Waals surface area contributed by atoms with Crippen LogP contribution in [0.5, 0.6) is 5.75 Å². The van der Waals surface area contributed by atoms with Crippen molar-refractivity contribution in [3.8, 4) is 5.75 Å². The Morgan fingerprint density at radius 3 is 2.57 bits per heavy atom. The van der Waals surface area contributed by atoms with Gasteiger partial charge in [0.05, 0.1) is 18.0 Å². The monoisotopic (exact) mass is 430 g/mol. The van der Waals surface area contributed by atoms with E-state index in [-0.39, 0.29) is 23.3 Å². The minimum absolute atomic E-state index is 0.165. The van der Waals surface area contributed by atoms with Crippen molar-refractivity contribution >= 4 is 15.9 Å². The van der Waals surface area contributed by atoms with Gasteiger partial charge in [-0.3, -0.25) is 4.79 Å². The Kier molecular flexibility index (Phi) is 7.15. The quantitative estimate of drug-likeness (QED) is 0.676. The van der Waals surface area contributed by atoms with E-state index in [0.29, 0.717) is 19.7 Å². The number of para-hydroxylation sites is 1. The zero-order chi connectivity index (χ0) is 21.7. The molecule has 0 N–H and O–H groups in total. The molecule has 3 rings (SSSR count). The first kappa shape index (κ1) is 22.3. The van der Waals surface area contributed by atoms with E-state index in [1.165, 1.54) is 7.05 Å². The molecule has 1 aliphatic heterocycles. The molecule has 0 aliphatic carbocycles. The fourth-order valence-corrected chi connectivity index (χ4v) is 4.79. The van der Waals surface area contributed by atoms with Crippen LogP contribution in [0.4, 0.5) is 0 Å². The second-order valence-electron chi connectivity index (χ2n) is 7.98. The van der Waals surface area contributed by atoms with Gasteiger partial charge in [0, 0.05) is 26.1 Å². The number of sulfonamides is 1. The van der Waals surface area contributed by atoms with Gasteiger partial charge >= 0.3 is 0 Å². The number of likely N-dealkylation sites (N-methyl/N-ethyl adjacent to an activating group) is 1. The molecule has 7 heteroatoms. The molecule has 30 heavy (non-hydrogen) atoms. The number of hydrogen-bond donors (Lipinski definition) is 0. The summed E-state index contributed by atoms with van der Waals surface area (Å²) in [5.41, 5.74) is 1.94. The molecule has 1 atom stereocenters. The van der Waals surface area contributed by atoms with Crippen molar-refractivity contribution in [3.05, 3.63) is 59.7 Å². The van der Waals surface area contributed by atoms with Crippen molar-refractivity contribution in [2.24, 2.45) is 5.92 Å². The molecule has 2 aromatic carbocycles. The summed E-state index contributed by atoms with van der Waals surface area (Å²) in [4.78, 5) is 14.8. The molecule has 1 heterocycles. The van der Waals surface area contributed by atoms with E-state index in [1.807, 2.05) is 44.2 Å². The summed E-state index contributed by atoms with van der Waals surface area (Å²) in [6.45, 7) is 5.44. The van der Waals surface area contributed by atoms with Crippen LogP contribution >= 0.6 is 0 Å². The highest BCUT2D eigenvalue weighted by Gasteiger charge is 2.28. The molecule has 162 valence electrons. The molecule has 0 radical (unpaired) electrons. The molecule has 1 saturated heterocycles. The molecule has 1 amide bonds. The average Bonchev–Trinajstić information content (AvgIpc) is 2.75. The van der Waals surface area contributed by atoms with E-state index >= 15 is 0 Å². The van der Waals surface area contributed by atoms with Gasteiger partial charge in [-0.15, -0.1) is 0 Å². The van der Waals surface area contributed by atoms with Crippen molar-refractivity contribution in [1.29, 1.82) is 0 Å². The topological polar surface area (TPSA) is 66.9 Å². The van der Waals surface area contributed by atoms with Crippen LogP contribution in [0.15, 0.2) is 53.4 Å². The number of aryl methyl sites for hydroxylation is 2. The van der Waals surface area contributed by atoms with E-state index in [1.54, 1.807) is 23.1 Å². The van der Waals surface area contributed by atoms with E-state index in [0.717, 1.165) is 34.0 Å². The third-order valence-electron chi connectivity index (χ3n) is 5.65. The highest BCUT2D eigenvalue weighted by atomic mass is 32.2. The number of ether oxygens (including phenoxy) is 1. The first-order chi connectivity index (χ1) is 14.3. The molecule has 0 saturated carbocycles. The number of carbonyl (C=O) groups is 1. The normalized spacial score (nSPS) is 17.2. The SMILES string of the molecule is Cc1ccc(S(=O)(=O)N(C)CC(=O)N2CCCC(COc3ccccc3)C2)cc1C. The van der Waals surface area contributed by atoms with Crippen LogP contribution in [0.25, 0.3) is 0 Å². The molecule has 2 aromatic rings. The van der Waals surface area contributed by atoms with Gasteiger partial charge in [-0.1, -0.05) is 24.3 Å². The van der Waals surface area contributed by atoms with Gasteiger partial charge in [0.15, 0.2) is 0 Å². The number of carbonyl (C=O) groups excluding carboxylic acids is 1. The van der Waals surface area contributed by atoms with Gasteiger partial charge in [0.2, 0.25) is 15.9 Å². The second kappa shape index (κ2) is 9.62. The lowest BCUT2D eigenvalue weighted by atomic mass is 9.99. The number of rotatable bonds is 7. The minimum atomic E-state index is -3.71. The van der Waals surface area contributed by atoms with Crippen LogP contribution in [-0.2, 0) is 14.8 Å². The third kappa shape index (κ3) is 5.40. The Morgan fingerprint density at radius 1 is 1.13 bits per heavy atom. The number of hydrogen-bond acceptors (Lipinski definition) is 4. The largest absolute Gasteiger partial charge is 0.493 e. The van der Waals surface area contributed by atoms with Crippen molar-refractivity contribution in [3.63, 3.8) is 0 Å². The maximum Gasteiger partial charge on any atom is 0.243 e. The highest BCUT2D eigenvalue weighted by Crippen LogP contribution is 2.21. The Bertz CT molecular complexity index is 976. The predicted molar refractivity (Wildman–Crippen MR) is 117 cm³/mol. The van der Waals surface area contributed by atoms with Crippen LogP contribution < -0.4 is 4.74 Å². The highest BCUT2D eigenvalue weighted by molar-refractivity contribution is 7.89. The van der Waals surface area contributed by atoms with Gasteiger partial charge < -0.3 is 9.64 Å². The zero-order valence-electron chi connectivity index (χ0n) is 17.9. The van der Waals surface area contributed by atoms with Crippen LogP contribution in [-0.4, -0.2) is 56.8 Å². The summed E-state index contributed by atoms with van der Waals surface area (Å²) in [5, 5.41) is 0. The third-order valence-corrected chi connectivity index (χ3v) is 7.44. The molecule has 0 bridgehead atoms. The van der Waals surface area contributed by atoms with Crippen molar-refractivity contribution in [1.82, 2.24) is 9.21 Å². The van der Waals surface area contributed by atoms with Crippen molar-refractivity contribution in [2.45, 2.75) is 31.6 Å². The maximum absolute atomic E-state index is 12.9. The smallest absolute Gasteiger partial charge is 0.243 e. The summed E-state index contributed by atoms with van der Waals surface area (Å²) < 4.78 is 32.7. The predicted octanol–water partition coefficient (Wildman–Crippen LogP) is 3.24. The maximum atomic E-state index is 12.9. The lowest BCUT2D eigenvalue weighted by Gasteiger charge is -2.33. The Balaban J connectivity index is 1.58. The van der Waals surface area contributed by atoms with Crippen LogP contribution in [0.2, 0.25) is 0 Å². The zero-order valence-corrected chi connectivity index (χ0v) is 18.7. The Hall–Kier alpha value is -2.38. The first-order valence-corrected chi connectivity index (χ1v) is 11.7. The molecule has 0 spiro atoms. The standard InChI is InChI=1S/C23H30N2O4S/c1-18-11-12-22(14-19(18)2)30(27,28)24(3)16-23(26)25-13-7-8-20(15-25)17-29-21-9-5-4-6-10-21/h4-6,9-12,14,20H,7-8,13,15-17H2,1-3H3. The number of likely N-dealkylation sites (tertiary alicyclic amines) is 1. The summed E-state index contributed by atoms with van der Waals surface area (Å²) in [5.74, 6) is 0.888. The second-order valence-corrected chi connectivity index (χ2v) is 10.0. The molecule has 6 nitrogen and oxygen atoms in total. The van der Waals surface area contributed by atoms with Gasteiger partial charge in [0.25, 0.3) is 0 Å². The van der Waals surface area contributed by atoms with Crippen LogP contribution in [0, 0.1) is 19.8 Å². The number of amides is 1. The molecular weight excluding hydrogens is 400 g/mol. The average molecular weight is 431 g/mol. The van der Waals surface area contributed by atoms with Gasteiger partial charge in [0.1, 0.15) is 5.75 Å². The summed E-state index contributed by atoms with van der Waals surface area (Å²) in [7, 11) is -2.25. The molecule has 1 aliphatic rings. The Morgan fingerprint density at radius 2 is 1.87 bits per heavy atom. The fourth-order valence-electron chi connectivity index (χ4n) is 3.59. The van der Waals surface area contributed by atoms with Gasteiger partial charge in [-0.2, -0.15) is 4.31 Å². The molecular formula is C23H30N2O4S. The molecule has 0 aromatic heterocycles. The lowest BCUT2D eigenvalue weighted by molar-refractivity contribution is -0.133. The number of nitrogens with zero attached hydrogens (tertiary/aromatic N) is 2. The van der Waals surface area contributed by atoms with Crippen LogP contribution in [0.1, 0.15) is 24.0 Å². The number of piperidine rings is 1. The summed E-state index contributed by atoms with van der Waals surface area (Å²) in [6.07, 6.45) is 1.88. The Labute approximate surface area is 179 Å². The molecule has 1 unspecified atom stereocenters. The van der Waals surface area contributed by atoms with Gasteiger partial charge in [-0.05, 0) is 62.1 Å². The van der Waals surface area contributed by atoms with Crippen molar-refractivity contribution in [2.75, 3.05) is 33.3 Å². The van der Waals surface area contributed by atoms with Crippen LogP contribution in [0.3, 0.4) is 0 Å². The minimum Gasteiger partial charge on any atom is -0.493 e. The van der Waals surface area contributed by atoms with Crippen molar-refractivity contribution < 1.29 is 17.9 Å². The molecule has 1 fully saturated rings. The summed E-state index contributed by atoms with van der Waals surface area (Å²) >= 11 is 0.